The number of carboxylic acids is 1. The Morgan fingerprint density at radius 2 is 1.76 bits per heavy atom. The number of hydrogen-bond acceptors (Lipinski definition) is 6. The predicted molar refractivity (Wildman–Crippen MR) is 156 cm³/mol. The van der Waals surface area contributed by atoms with Crippen molar-refractivity contribution in [2.75, 3.05) is 0 Å². The van der Waals surface area contributed by atoms with Crippen LogP contribution >= 0.6 is 0 Å². The number of rotatable bonds is 10. The third-order valence-corrected chi connectivity index (χ3v) is 8.02. The number of pyridine rings is 1. The summed E-state index contributed by atoms with van der Waals surface area (Å²) >= 11 is 0. The molecule has 45 heavy (non-hydrogen) atoms. The van der Waals surface area contributed by atoms with Crippen LogP contribution in [0.1, 0.15) is 52.1 Å². The zero-order chi connectivity index (χ0) is 31.7. The minimum atomic E-state index is -1.10. The summed E-state index contributed by atoms with van der Waals surface area (Å²) in [6.07, 6.45) is 1.90. The van der Waals surface area contributed by atoms with Crippen LogP contribution in [-0.2, 0) is 19.6 Å². The number of aromatic carboxylic acids is 1. The fourth-order valence-electron chi connectivity index (χ4n) is 5.31. The number of hydrogen-bond donors (Lipinski definition) is 1. The van der Waals surface area contributed by atoms with E-state index in [1.807, 2.05) is 10.6 Å². The Morgan fingerprint density at radius 3 is 2.47 bits per heavy atom. The van der Waals surface area contributed by atoms with Crippen LogP contribution in [0.5, 0.6) is 5.88 Å². The third kappa shape index (κ3) is 6.06. The number of ether oxygens (including phenoxy) is 1. The molecule has 0 bridgehead atoms. The third-order valence-electron chi connectivity index (χ3n) is 8.02. The SMILES string of the molecule is N#CCC1(Cn2c(Cc3cc(F)c(-c4cccc(OCc5ccc(C#N)cc5F)n4)cc3F)nc3ccc(C(=O)O)cc32)CC1. The molecule has 0 amide bonds. The van der Waals surface area contributed by atoms with Gasteiger partial charge in [0.25, 0.3) is 0 Å². The molecular formula is C34H24F3N5O3. The highest BCUT2D eigenvalue weighted by atomic mass is 19.1. The molecule has 1 aliphatic rings. The van der Waals surface area contributed by atoms with Crippen molar-refractivity contribution in [3.05, 3.63) is 112 Å². The van der Waals surface area contributed by atoms with Crippen LogP contribution in [0.2, 0.25) is 0 Å². The maximum atomic E-state index is 15.6. The average Bonchev–Trinajstić information content (AvgIpc) is 3.71. The second kappa shape index (κ2) is 11.8. The molecule has 0 saturated heterocycles. The number of benzene rings is 3. The van der Waals surface area contributed by atoms with Crippen molar-refractivity contribution in [2.45, 2.75) is 38.8 Å². The lowest BCUT2D eigenvalue weighted by Crippen LogP contribution is -2.15. The van der Waals surface area contributed by atoms with Crippen molar-refractivity contribution in [1.82, 2.24) is 14.5 Å². The summed E-state index contributed by atoms with van der Waals surface area (Å²) in [6.45, 7) is 0.217. The first-order valence-corrected chi connectivity index (χ1v) is 14.0. The summed E-state index contributed by atoms with van der Waals surface area (Å²) in [5, 5.41) is 27.8. The van der Waals surface area contributed by atoms with E-state index in [9.17, 15) is 19.6 Å². The molecule has 0 radical (unpaired) electrons. The van der Waals surface area contributed by atoms with E-state index in [-0.39, 0.29) is 57.8 Å². The van der Waals surface area contributed by atoms with Gasteiger partial charge in [0, 0.05) is 42.0 Å². The number of aromatic nitrogens is 3. The molecule has 11 heteroatoms. The van der Waals surface area contributed by atoms with Crippen molar-refractivity contribution in [3.63, 3.8) is 0 Å². The monoisotopic (exact) mass is 607 g/mol. The van der Waals surface area contributed by atoms with Gasteiger partial charge in [0.15, 0.2) is 0 Å². The van der Waals surface area contributed by atoms with E-state index >= 15 is 8.78 Å². The summed E-state index contributed by atoms with van der Waals surface area (Å²) in [7, 11) is 0. The zero-order valence-electron chi connectivity index (χ0n) is 23.7. The fourth-order valence-corrected chi connectivity index (χ4v) is 5.31. The van der Waals surface area contributed by atoms with Gasteiger partial charge in [0.05, 0.1) is 40.0 Å². The predicted octanol–water partition coefficient (Wildman–Crippen LogP) is 6.95. The molecule has 1 saturated carbocycles. The maximum absolute atomic E-state index is 15.6. The first kappa shape index (κ1) is 29.4. The van der Waals surface area contributed by atoms with Crippen LogP contribution in [0, 0.1) is 45.5 Å². The molecule has 0 unspecified atom stereocenters. The molecule has 6 rings (SSSR count). The van der Waals surface area contributed by atoms with E-state index in [0.717, 1.165) is 31.0 Å². The summed E-state index contributed by atoms with van der Waals surface area (Å²) in [6, 6.07) is 19.3. The Morgan fingerprint density at radius 1 is 0.956 bits per heavy atom. The first-order valence-electron chi connectivity index (χ1n) is 14.0. The average molecular weight is 608 g/mol. The van der Waals surface area contributed by atoms with Crippen LogP contribution in [0.3, 0.4) is 0 Å². The Kier molecular flexibility index (Phi) is 7.69. The molecule has 8 nitrogen and oxygen atoms in total. The summed E-state index contributed by atoms with van der Waals surface area (Å²) in [5.74, 6) is -2.64. The smallest absolute Gasteiger partial charge is 0.335 e. The lowest BCUT2D eigenvalue weighted by atomic mass is 10.0. The summed E-state index contributed by atoms with van der Waals surface area (Å²) < 4.78 is 52.7. The van der Waals surface area contributed by atoms with E-state index in [0.29, 0.717) is 29.8 Å². The minimum Gasteiger partial charge on any atom is -0.478 e. The Balaban J connectivity index is 1.28. The van der Waals surface area contributed by atoms with Crippen LogP contribution in [0.4, 0.5) is 13.2 Å². The number of nitrogens with zero attached hydrogens (tertiary/aromatic N) is 5. The molecule has 1 N–H and O–H groups in total. The minimum absolute atomic E-state index is 0.0418. The van der Waals surface area contributed by atoms with Gasteiger partial charge in [-0.3, -0.25) is 0 Å². The molecule has 1 fully saturated rings. The quantitative estimate of drug-likeness (QED) is 0.182. The van der Waals surface area contributed by atoms with Gasteiger partial charge >= 0.3 is 5.97 Å². The van der Waals surface area contributed by atoms with E-state index in [4.69, 9.17) is 10.00 Å². The van der Waals surface area contributed by atoms with Crippen LogP contribution in [0.15, 0.2) is 66.7 Å². The van der Waals surface area contributed by atoms with E-state index in [2.05, 4.69) is 16.0 Å². The van der Waals surface area contributed by atoms with E-state index in [1.165, 1.54) is 36.4 Å². The number of carbonyl (C=O) groups is 1. The Labute approximate surface area is 255 Å². The van der Waals surface area contributed by atoms with Gasteiger partial charge in [0.2, 0.25) is 5.88 Å². The zero-order valence-corrected chi connectivity index (χ0v) is 23.7. The lowest BCUT2D eigenvalue weighted by Gasteiger charge is -2.16. The first-order chi connectivity index (χ1) is 21.7. The molecule has 1 aliphatic carbocycles. The van der Waals surface area contributed by atoms with Crippen molar-refractivity contribution in [3.8, 4) is 29.3 Å². The highest BCUT2D eigenvalue weighted by molar-refractivity contribution is 5.92. The van der Waals surface area contributed by atoms with Crippen molar-refractivity contribution < 1.29 is 27.8 Å². The van der Waals surface area contributed by atoms with Crippen molar-refractivity contribution in [2.24, 2.45) is 5.41 Å². The van der Waals surface area contributed by atoms with E-state index in [1.54, 1.807) is 12.1 Å². The molecule has 0 aliphatic heterocycles. The van der Waals surface area contributed by atoms with Crippen LogP contribution < -0.4 is 4.74 Å². The number of halogens is 3. The number of nitriles is 2. The van der Waals surface area contributed by atoms with Gasteiger partial charge in [-0.25, -0.2) is 27.9 Å². The van der Waals surface area contributed by atoms with Gasteiger partial charge in [-0.05, 0) is 66.9 Å². The Hall–Kier alpha value is -5.68. The molecule has 2 heterocycles. The lowest BCUT2D eigenvalue weighted by molar-refractivity contribution is 0.0697. The van der Waals surface area contributed by atoms with Crippen molar-refractivity contribution >= 4 is 17.0 Å². The second-order valence-electron chi connectivity index (χ2n) is 11.1. The summed E-state index contributed by atoms with van der Waals surface area (Å²) in [4.78, 5) is 20.5. The number of imidazole rings is 1. The molecule has 224 valence electrons. The second-order valence-corrected chi connectivity index (χ2v) is 11.1. The van der Waals surface area contributed by atoms with Crippen LogP contribution in [-0.4, -0.2) is 25.6 Å². The topological polar surface area (TPSA) is 125 Å². The van der Waals surface area contributed by atoms with Gasteiger partial charge in [-0.2, -0.15) is 10.5 Å². The molecule has 0 atom stereocenters. The van der Waals surface area contributed by atoms with E-state index < -0.39 is 23.4 Å². The molecule has 0 spiro atoms. The molecule has 5 aromatic rings. The summed E-state index contributed by atoms with van der Waals surface area (Å²) in [5.41, 5.74) is 1.29. The number of fused-ring (bicyclic) bond motifs is 1. The van der Waals surface area contributed by atoms with Crippen molar-refractivity contribution in [1.29, 1.82) is 10.5 Å². The largest absolute Gasteiger partial charge is 0.478 e. The van der Waals surface area contributed by atoms with Gasteiger partial charge in [-0.1, -0.05) is 12.1 Å². The van der Waals surface area contributed by atoms with Crippen LogP contribution in [0.25, 0.3) is 22.3 Å². The molecular weight excluding hydrogens is 583 g/mol. The Bertz CT molecular complexity index is 2060. The highest BCUT2D eigenvalue weighted by Gasteiger charge is 2.43. The number of carboxylic acid groups (broad SMARTS) is 1. The normalized spacial score (nSPS) is 13.3. The standard InChI is InChI=1S/C34H24F3N5O3/c35-25-12-20(17-39)4-5-22(25)18-45-32-3-1-2-28(41-32)24-16-26(36)23(13-27(24)37)15-31-40-29-7-6-21(33(43)44)14-30(29)42(31)19-34(8-9-34)10-11-38/h1-7,12-14,16H,8-10,15,18-19H2,(H,43,44). The van der Waals surface area contributed by atoms with Gasteiger partial charge < -0.3 is 14.4 Å². The maximum Gasteiger partial charge on any atom is 0.335 e. The highest BCUT2D eigenvalue weighted by Crippen LogP contribution is 2.50. The molecule has 2 aromatic heterocycles. The molecule has 3 aromatic carbocycles. The van der Waals surface area contributed by atoms with Gasteiger partial charge in [0.1, 0.15) is 29.9 Å². The van der Waals surface area contributed by atoms with Gasteiger partial charge in [-0.15, -0.1) is 0 Å². The fraction of sp³-hybridized carbons (Fsp3) is 0.206.